The first-order valence-electron chi connectivity index (χ1n) is 6.55. The van der Waals surface area contributed by atoms with Gasteiger partial charge in [0.15, 0.2) is 0 Å². The Balaban J connectivity index is 0.000000637. The molecule has 2 nitrogen and oxygen atoms in total. The van der Waals surface area contributed by atoms with Crippen molar-refractivity contribution in [2.75, 3.05) is 0 Å². The summed E-state index contributed by atoms with van der Waals surface area (Å²) in [5.74, 6) is 0. The number of rotatable bonds is 2. The van der Waals surface area contributed by atoms with E-state index in [0.717, 1.165) is 21.9 Å². The maximum atomic E-state index is 6.17. The van der Waals surface area contributed by atoms with E-state index in [1.54, 1.807) is 17.5 Å². The summed E-state index contributed by atoms with van der Waals surface area (Å²) in [6.45, 7) is 6.07. The Hall–Kier alpha value is -0.900. The molecule has 0 aromatic carbocycles. The molecule has 2 atom stereocenters. The molecule has 0 spiro atoms. The number of pyridine rings is 1. The first kappa shape index (κ1) is 14.5. The van der Waals surface area contributed by atoms with Crippen LogP contribution in [-0.2, 0) is 4.74 Å². The number of ether oxygens (including phenoxy) is 1. The maximum absolute atomic E-state index is 6.17. The summed E-state index contributed by atoms with van der Waals surface area (Å²) in [6, 6.07) is 6.11. The number of hydrogen-bond donors (Lipinski definition) is 0. The van der Waals surface area contributed by atoms with Crippen LogP contribution < -0.4 is 0 Å². The first-order chi connectivity index (χ1) is 9.24. The van der Waals surface area contributed by atoms with E-state index in [9.17, 15) is 0 Å². The zero-order chi connectivity index (χ0) is 13.8. The molecule has 2 aromatic rings. The van der Waals surface area contributed by atoms with Gasteiger partial charge in [0.2, 0.25) is 0 Å². The Labute approximate surface area is 123 Å². The molecule has 1 aliphatic rings. The van der Waals surface area contributed by atoms with Crippen LogP contribution in [0.3, 0.4) is 0 Å². The Kier molecular flexibility index (Phi) is 4.97. The van der Waals surface area contributed by atoms with Gasteiger partial charge in [0.1, 0.15) is 0 Å². The fourth-order valence-electron chi connectivity index (χ4n) is 2.09. The van der Waals surface area contributed by atoms with Gasteiger partial charge in [-0.05, 0) is 24.6 Å². The largest absolute Gasteiger partial charge is 0.365 e. The highest BCUT2D eigenvalue weighted by atomic mass is 35.5. The molecule has 2 unspecified atom stereocenters. The van der Waals surface area contributed by atoms with Gasteiger partial charge in [-0.2, -0.15) is 0 Å². The lowest BCUT2D eigenvalue weighted by molar-refractivity contribution is -0.130. The van der Waals surface area contributed by atoms with Gasteiger partial charge in [0.05, 0.1) is 16.5 Å². The zero-order valence-electron chi connectivity index (χ0n) is 11.4. The maximum Gasteiger partial charge on any atom is 0.0989 e. The van der Waals surface area contributed by atoms with E-state index >= 15 is 0 Å². The first-order valence-corrected chi connectivity index (χ1v) is 7.74. The Morgan fingerprint density at radius 3 is 2.63 bits per heavy atom. The van der Waals surface area contributed by atoms with Gasteiger partial charge in [-0.3, -0.25) is 4.98 Å². The van der Waals surface area contributed by atoms with Crippen LogP contribution in [0.1, 0.15) is 48.5 Å². The molecule has 0 aliphatic carbocycles. The van der Waals surface area contributed by atoms with Crippen molar-refractivity contribution in [1.29, 1.82) is 0 Å². The number of hydrogen-bond acceptors (Lipinski definition) is 3. The smallest absolute Gasteiger partial charge is 0.0989 e. The molecule has 0 bridgehead atoms. The van der Waals surface area contributed by atoms with Crippen LogP contribution in [0.5, 0.6) is 0 Å². The SMILES string of the molecule is CC.Cc1cc(C2CC(c3cccnc3)O2)c(Cl)s1. The Morgan fingerprint density at radius 1 is 1.37 bits per heavy atom. The summed E-state index contributed by atoms with van der Waals surface area (Å²) < 4.78 is 6.75. The molecular formula is C15H18ClNOS. The topological polar surface area (TPSA) is 22.1 Å². The second-order valence-corrected chi connectivity index (χ2v) is 6.08. The summed E-state index contributed by atoms with van der Waals surface area (Å²) >= 11 is 7.79. The van der Waals surface area contributed by atoms with Crippen molar-refractivity contribution in [2.45, 2.75) is 39.4 Å². The lowest BCUT2D eigenvalue weighted by Gasteiger charge is -2.36. The molecule has 0 saturated carbocycles. The van der Waals surface area contributed by atoms with Gasteiger partial charge in [-0.1, -0.05) is 31.5 Å². The second kappa shape index (κ2) is 6.51. The molecule has 1 fully saturated rings. The summed E-state index contributed by atoms with van der Waals surface area (Å²) in [7, 11) is 0. The highest BCUT2D eigenvalue weighted by Crippen LogP contribution is 2.47. The van der Waals surface area contributed by atoms with E-state index in [1.165, 1.54) is 4.88 Å². The van der Waals surface area contributed by atoms with Gasteiger partial charge >= 0.3 is 0 Å². The van der Waals surface area contributed by atoms with Crippen molar-refractivity contribution in [3.05, 3.63) is 50.9 Å². The van der Waals surface area contributed by atoms with Crippen molar-refractivity contribution in [2.24, 2.45) is 0 Å². The number of halogens is 1. The lowest BCUT2D eigenvalue weighted by Crippen LogP contribution is -2.23. The van der Waals surface area contributed by atoms with E-state index in [-0.39, 0.29) is 12.2 Å². The van der Waals surface area contributed by atoms with Crippen LogP contribution in [0.25, 0.3) is 0 Å². The van der Waals surface area contributed by atoms with Crippen LogP contribution in [0.2, 0.25) is 4.34 Å². The fourth-order valence-corrected chi connectivity index (χ4v) is 3.41. The van der Waals surface area contributed by atoms with E-state index in [4.69, 9.17) is 16.3 Å². The van der Waals surface area contributed by atoms with Gasteiger partial charge in [0.25, 0.3) is 0 Å². The van der Waals surface area contributed by atoms with Crippen molar-refractivity contribution in [3.8, 4) is 0 Å². The Bertz CT molecular complexity index is 520. The number of aryl methyl sites for hydroxylation is 1. The predicted molar refractivity (Wildman–Crippen MR) is 80.8 cm³/mol. The van der Waals surface area contributed by atoms with Crippen LogP contribution in [0, 0.1) is 6.92 Å². The third-order valence-corrected chi connectivity index (χ3v) is 4.30. The predicted octanol–water partition coefficient (Wildman–Crippen LogP) is 5.33. The third-order valence-electron chi connectivity index (χ3n) is 3.00. The molecule has 3 rings (SSSR count). The van der Waals surface area contributed by atoms with E-state index in [2.05, 4.69) is 18.0 Å². The standard InChI is InChI=1S/C13H12ClNOS.C2H6/c1-8-5-10(13(14)17-8)12-6-11(16-12)9-3-2-4-15-7-9;1-2/h2-5,7,11-12H,6H2,1H3;1-2H3. The molecule has 0 radical (unpaired) electrons. The van der Waals surface area contributed by atoms with Crippen molar-refractivity contribution in [1.82, 2.24) is 4.98 Å². The molecule has 0 N–H and O–H groups in total. The van der Waals surface area contributed by atoms with Gasteiger partial charge in [0, 0.05) is 29.3 Å². The van der Waals surface area contributed by atoms with Gasteiger partial charge in [-0.25, -0.2) is 0 Å². The molecule has 2 aromatic heterocycles. The minimum absolute atomic E-state index is 0.151. The average molecular weight is 296 g/mol. The monoisotopic (exact) mass is 295 g/mol. The summed E-state index contributed by atoms with van der Waals surface area (Å²) in [5, 5.41) is 0. The van der Waals surface area contributed by atoms with E-state index in [1.807, 2.05) is 32.2 Å². The van der Waals surface area contributed by atoms with Crippen LogP contribution in [0.15, 0.2) is 30.6 Å². The van der Waals surface area contributed by atoms with Crippen molar-refractivity contribution in [3.63, 3.8) is 0 Å². The summed E-state index contributed by atoms with van der Waals surface area (Å²) in [5.41, 5.74) is 2.28. The minimum Gasteiger partial charge on any atom is -0.365 e. The molecular weight excluding hydrogens is 278 g/mol. The molecule has 4 heteroatoms. The molecule has 3 heterocycles. The summed E-state index contributed by atoms with van der Waals surface area (Å²) in [4.78, 5) is 5.34. The van der Waals surface area contributed by atoms with Crippen LogP contribution >= 0.6 is 22.9 Å². The quantitative estimate of drug-likeness (QED) is 0.746. The second-order valence-electron chi connectivity index (χ2n) is 4.22. The molecule has 102 valence electrons. The molecule has 19 heavy (non-hydrogen) atoms. The third kappa shape index (κ3) is 3.16. The highest BCUT2D eigenvalue weighted by Gasteiger charge is 2.34. The molecule has 1 aliphatic heterocycles. The number of nitrogens with zero attached hydrogens (tertiary/aromatic N) is 1. The Morgan fingerprint density at radius 2 is 2.11 bits per heavy atom. The zero-order valence-corrected chi connectivity index (χ0v) is 13.0. The molecule has 1 saturated heterocycles. The van der Waals surface area contributed by atoms with E-state index < -0.39 is 0 Å². The van der Waals surface area contributed by atoms with Crippen molar-refractivity contribution < 1.29 is 4.74 Å². The average Bonchev–Trinajstić information content (AvgIpc) is 2.71. The van der Waals surface area contributed by atoms with Gasteiger partial charge < -0.3 is 4.74 Å². The molecule has 0 amide bonds. The van der Waals surface area contributed by atoms with Gasteiger partial charge in [-0.15, -0.1) is 11.3 Å². The summed E-state index contributed by atoms with van der Waals surface area (Å²) in [6.07, 6.45) is 4.95. The highest BCUT2D eigenvalue weighted by molar-refractivity contribution is 7.16. The lowest BCUT2D eigenvalue weighted by atomic mass is 9.95. The number of aromatic nitrogens is 1. The van der Waals surface area contributed by atoms with E-state index in [0.29, 0.717) is 0 Å². The minimum atomic E-state index is 0.151. The number of thiophene rings is 1. The van der Waals surface area contributed by atoms with Crippen LogP contribution in [0.4, 0.5) is 0 Å². The van der Waals surface area contributed by atoms with Crippen molar-refractivity contribution >= 4 is 22.9 Å². The fraction of sp³-hybridized carbons (Fsp3) is 0.400. The van der Waals surface area contributed by atoms with Crippen LogP contribution in [-0.4, -0.2) is 4.98 Å². The normalized spacial score (nSPS) is 21.3.